The molecule has 1 heterocycles. The summed E-state index contributed by atoms with van der Waals surface area (Å²) >= 11 is 0. The Hall–Kier alpha value is -1.95. The summed E-state index contributed by atoms with van der Waals surface area (Å²) in [5, 5.41) is 16.8. The number of hydrogen-bond donors (Lipinski definition) is 2. The molecule has 96 valence electrons. The molecule has 1 atom stereocenters. The van der Waals surface area contributed by atoms with Crippen LogP contribution in [0, 0.1) is 10.1 Å². The second kappa shape index (κ2) is 5.59. The topological polar surface area (TPSA) is 84.3 Å². The minimum absolute atomic E-state index is 0.0539. The van der Waals surface area contributed by atoms with E-state index in [0.29, 0.717) is 31.5 Å². The predicted molar refractivity (Wildman–Crippen MR) is 66.2 cm³/mol. The molecule has 1 aromatic rings. The highest BCUT2D eigenvalue weighted by molar-refractivity contribution is 5.78. The maximum Gasteiger partial charge on any atom is 0.272 e. The van der Waals surface area contributed by atoms with Gasteiger partial charge < -0.3 is 10.6 Å². The summed E-state index contributed by atoms with van der Waals surface area (Å²) in [5.74, 6) is 0.0539. The normalized spacial score (nSPS) is 18.7. The lowest BCUT2D eigenvalue weighted by atomic mass is 10.1. The van der Waals surface area contributed by atoms with Crippen LogP contribution in [0.5, 0.6) is 0 Å². The van der Waals surface area contributed by atoms with Gasteiger partial charge in [-0.1, -0.05) is 18.2 Å². The van der Waals surface area contributed by atoms with Gasteiger partial charge in [0.25, 0.3) is 5.69 Å². The van der Waals surface area contributed by atoms with E-state index in [0.717, 1.165) is 0 Å². The smallest absolute Gasteiger partial charge is 0.272 e. The van der Waals surface area contributed by atoms with Crippen LogP contribution in [-0.4, -0.2) is 30.0 Å². The molecule has 6 nitrogen and oxygen atoms in total. The number of nitro groups is 1. The first kappa shape index (κ1) is 12.5. The SMILES string of the molecule is O=C1CC(NCCc2ccccc2[N+](=O)[O-])CN1. The number of amides is 1. The zero-order valence-corrected chi connectivity index (χ0v) is 9.89. The second-order valence-corrected chi connectivity index (χ2v) is 4.30. The first-order chi connectivity index (χ1) is 8.66. The van der Waals surface area contributed by atoms with Crippen LogP contribution >= 0.6 is 0 Å². The predicted octanol–water partition coefficient (Wildman–Crippen LogP) is 0.615. The van der Waals surface area contributed by atoms with Crippen molar-refractivity contribution in [2.45, 2.75) is 18.9 Å². The van der Waals surface area contributed by atoms with Crippen LogP contribution in [0.4, 0.5) is 5.69 Å². The molecule has 0 spiro atoms. The monoisotopic (exact) mass is 249 g/mol. The number of nitro benzene ring substituents is 1. The molecule has 1 fully saturated rings. The van der Waals surface area contributed by atoms with Gasteiger partial charge >= 0.3 is 0 Å². The van der Waals surface area contributed by atoms with Crippen molar-refractivity contribution in [2.24, 2.45) is 0 Å². The summed E-state index contributed by atoms with van der Waals surface area (Å²) in [5.41, 5.74) is 0.868. The Morgan fingerprint density at radius 2 is 2.22 bits per heavy atom. The maximum absolute atomic E-state index is 11.0. The number of hydrogen-bond acceptors (Lipinski definition) is 4. The van der Waals surface area contributed by atoms with E-state index < -0.39 is 0 Å². The average Bonchev–Trinajstić information content (AvgIpc) is 2.75. The van der Waals surface area contributed by atoms with E-state index in [1.165, 1.54) is 6.07 Å². The lowest BCUT2D eigenvalue weighted by molar-refractivity contribution is -0.385. The van der Waals surface area contributed by atoms with Crippen molar-refractivity contribution < 1.29 is 9.72 Å². The molecule has 6 heteroatoms. The molecule has 0 aromatic heterocycles. The standard InChI is InChI=1S/C12H15N3O3/c16-12-7-10(8-14-12)13-6-5-9-3-1-2-4-11(9)15(17)18/h1-4,10,13H,5-8H2,(H,14,16). The lowest BCUT2D eigenvalue weighted by Gasteiger charge is -2.09. The van der Waals surface area contributed by atoms with Crippen LogP contribution < -0.4 is 10.6 Å². The molecule has 1 saturated heterocycles. The Bertz CT molecular complexity index is 462. The van der Waals surface area contributed by atoms with Gasteiger partial charge in [-0.25, -0.2) is 0 Å². The number of carbonyl (C=O) groups is 1. The number of para-hydroxylation sites is 1. The van der Waals surface area contributed by atoms with Crippen LogP contribution in [0.1, 0.15) is 12.0 Å². The van der Waals surface area contributed by atoms with E-state index in [9.17, 15) is 14.9 Å². The van der Waals surface area contributed by atoms with Gasteiger partial charge in [-0.05, 0) is 13.0 Å². The van der Waals surface area contributed by atoms with Crippen LogP contribution in [0.15, 0.2) is 24.3 Å². The van der Waals surface area contributed by atoms with Gasteiger partial charge in [0.15, 0.2) is 0 Å². The molecule has 1 unspecified atom stereocenters. The maximum atomic E-state index is 11.0. The van der Waals surface area contributed by atoms with Crippen molar-refractivity contribution in [3.63, 3.8) is 0 Å². The Morgan fingerprint density at radius 3 is 2.89 bits per heavy atom. The second-order valence-electron chi connectivity index (χ2n) is 4.30. The van der Waals surface area contributed by atoms with Crippen molar-refractivity contribution >= 4 is 11.6 Å². The summed E-state index contributed by atoms with van der Waals surface area (Å²) in [6.07, 6.45) is 1.07. The fraction of sp³-hybridized carbons (Fsp3) is 0.417. The van der Waals surface area contributed by atoms with E-state index in [1.807, 2.05) is 0 Å². The molecule has 0 bridgehead atoms. The van der Waals surface area contributed by atoms with Crippen molar-refractivity contribution in [3.8, 4) is 0 Å². The van der Waals surface area contributed by atoms with E-state index in [-0.39, 0.29) is 22.6 Å². The number of nitrogens with one attached hydrogen (secondary N) is 2. The van der Waals surface area contributed by atoms with Gasteiger partial charge in [0.2, 0.25) is 5.91 Å². The summed E-state index contributed by atoms with van der Waals surface area (Å²) in [6, 6.07) is 6.87. The molecule has 0 aliphatic carbocycles. The minimum Gasteiger partial charge on any atom is -0.354 e. The highest BCUT2D eigenvalue weighted by Crippen LogP contribution is 2.17. The molecular formula is C12H15N3O3. The Kier molecular flexibility index (Phi) is 3.88. The number of benzene rings is 1. The van der Waals surface area contributed by atoms with Crippen molar-refractivity contribution in [2.75, 3.05) is 13.1 Å². The van der Waals surface area contributed by atoms with Crippen LogP contribution in [0.25, 0.3) is 0 Å². The Labute approximate surface area is 105 Å². The zero-order chi connectivity index (χ0) is 13.0. The average molecular weight is 249 g/mol. The van der Waals surface area contributed by atoms with E-state index in [2.05, 4.69) is 10.6 Å². The van der Waals surface area contributed by atoms with Gasteiger partial charge in [0.05, 0.1) is 4.92 Å². The first-order valence-electron chi connectivity index (χ1n) is 5.89. The highest BCUT2D eigenvalue weighted by Gasteiger charge is 2.20. The lowest BCUT2D eigenvalue weighted by Crippen LogP contribution is -2.32. The molecule has 0 saturated carbocycles. The molecule has 2 N–H and O–H groups in total. The molecule has 1 aromatic carbocycles. The molecule has 1 amide bonds. The summed E-state index contributed by atoms with van der Waals surface area (Å²) < 4.78 is 0. The zero-order valence-electron chi connectivity index (χ0n) is 9.89. The van der Waals surface area contributed by atoms with Crippen LogP contribution in [0.2, 0.25) is 0 Å². The van der Waals surface area contributed by atoms with Crippen molar-refractivity contribution in [1.82, 2.24) is 10.6 Å². The molecule has 1 aliphatic rings. The highest BCUT2D eigenvalue weighted by atomic mass is 16.6. The van der Waals surface area contributed by atoms with Crippen molar-refractivity contribution in [1.29, 1.82) is 0 Å². The minimum atomic E-state index is -0.365. The van der Waals surface area contributed by atoms with Gasteiger partial charge in [-0.3, -0.25) is 14.9 Å². The fourth-order valence-corrected chi connectivity index (χ4v) is 2.06. The third-order valence-electron chi connectivity index (χ3n) is 2.99. The van der Waals surface area contributed by atoms with Gasteiger partial charge in [-0.2, -0.15) is 0 Å². The van der Waals surface area contributed by atoms with Crippen LogP contribution in [0.3, 0.4) is 0 Å². The Morgan fingerprint density at radius 1 is 1.44 bits per heavy atom. The summed E-state index contributed by atoms with van der Waals surface area (Å²) in [6.45, 7) is 1.26. The molecule has 0 radical (unpaired) electrons. The van der Waals surface area contributed by atoms with E-state index in [1.54, 1.807) is 18.2 Å². The summed E-state index contributed by atoms with van der Waals surface area (Å²) in [7, 11) is 0. The summed E-state index contributed by atoms with van der Waals surface area (Å²) in [4.78, 5) is 21.4. The number of rotatable bonds is 5. The third-order valence-corrected chi connectivity index (χ3v) is 2.99. The molecule has 1 aliphatic heterocycles. The van der Waals surface area contributed by atoms with E-state index in [4.69, 9.17) is 0 Å². The molecular weight excluding hydrogens is 234 g/mol. The van der Waals surface area contributed by atoms with E-state index >= 15 is 0 Å². The fourth-order valence-electron chi connectivity index (χ4n) is 2.06. The molecule has 18 heavy (non-hydrogen) atoms. The number of nitrogens with zero attached hydrogens (tertiary/aromatic N) is 1. The third kappa shape index (κ3) is 3.04. The van der Waals surface area contributed by atoms with Gasteiger partial charge in [0, 0.05) is 30.6 Å². The van der Waals surface area contributed by atoms with Gasteiger partial charge in [0.1, 0.15) is 0 Å². The number of carbonyl (C=O) groups excluding carboxylic acids is 1. The first-order valence-corrected chi connectivity index (χ1v) is 5.89. The van der Waals surface area contributed by atoms with Gasteiger partial charge in [-0.15, -0.1) is 0 Å². The molecule has 2 rings (SSSR count). The Balaban J connectivity index is 1.86. The quantitative estimate of drug-likeness (QED) is 0.591. The largest absolute Gasteiger partial charge is 0.354 e. The van der Waals surface area contributed by atoms with Crippen molar-refractivity contribution in [3.05, 3.63) is 39.9 Å². The van der Waals surface area contributed by atoms with Crippen LogP contribution in [-0.2, 0) is 11.2 Å².